The zero-order chi connectivity index (χ0) is 15.2. The van der Waals surface area contributed by atoms with Crippen molar-refractivity contribution in [3.05, 3.63) is 84.7 Å². The maximum Gasteiger partial charge on any atom is 0.228 e. The summed E-state index contributed by atoms with van der Waals surface area (Å²) in [5.74, 6) is -0.0433. The summed E-state index contributed by atoms with van der Waals surface area (Å²) in [5.41, 5.74) is 3.92. The van der Waals surface area contributed by atoms with Crippen molar-refractivity contribution in [2.45, 2.75) is 6.42 Å². The van der Waals surface area contributed by atoms with Gasteiger partial charge in [-0.3, -0.25) is 9.78 Å². The normalized spacial score (nSPS) is 10.2. The van der Waals surface area contributed by atoms with Gasteiger partial charge in [-0.15, -0.1) is 0 Å². The van der Waals surface area contributed by atoms with E-state index >= 15 is 0 Å². The Hall–Kier alpha value is -2.94. The van der Waals surface area contributed by atoms with Gasteiger partial charge in [-0.1, -0.05) is 48.5 Å². The van der Waals surface area contributed by atoms with Crippen molar-refractivity contribution in [2.24, 2.45) is 0 Å². The van der Waals surface area contributed by atoms with Crippen LogP contribution >= 0.6 is 0 Å². The number of carbonyl (C=O) groups excluding carboxylic acids is 1. The standard InChI is InChI=1S/C19H16N2O/c22-19(12-15-6-5-11-20-14-15)21-18-10-4-9-17(13-18)16-7-2-1-3-8-16/h1-11,13-14H,12H2,(H,21,22). The van der Waals surface area contributed by atoms with Crippen LogP contribution in [-0.2, 0) is 11.2 Å². The molecule has 0 radical (unpaired) electrons. The molecule has 1 aromatic heterocycles. The summed E-state index contributed by atoms with van der Waals surface area (Å²) in [7, 11) is 0. The Balaban J connectivity index is 1.72. The quantitative estimate of drug-likeness (QED) is 0.790. The molecule has 0 atom stereocenters. The predicted molar refractivity (Wildman–Crippen MR) is 88.4 cm³/mol. The summed E-state index contributed by atoms with van der Waals surface area (Å²) >= 11 is 0. The molecule has 0 aliphatic rings. The first kappa shape index (κ1) is 14.0. The van der Waals surface area contributed by atoms with Gasteiger partial charge in [0, 0.05) is 18.1 Å². The van der Waals surface area contributed by atoms with Crippen molar-refractivity contribution in [2.75, 3.05) is 5.32 Å². The van der Waals surface area contributed by atoms with E-state index in [4.69, 9.17) is 0 Å². The van der Waals surface area contributed by atoms with Gasteiger partial charge in [-0.2, -0.15) is 0 Å². The largest absolute Gasteiger partial charge is 0.326 e. The third-order valence-corrected chi connectivity index (χ3v) is 3.34. The lowest BCUT2D eigenvalue weighted by molar-refractivity contribution is -0.115. The van der Waals surface area contributed by atoms with Crippen molar-refractivity contribution in [1.29, 1.82) is 0 Å². The van der Waals surface area contributed by atoms with Crippen LogP contribution in [0.4, 0.5) is 5.69 Å². The molecular formula is C19H16N2O. The van der Waals surface area contributed by atoms with Crippen LogP contribution in [0, 0.1) is 0 Å². The maximum absolute atomic E-state index is 12.1. The minimum atomic E-state index is -0.0433. The Morgan fingerprint density at radius 1 is 0.909 bits per heavy atom. The topological polar surface area (TPSA) is 42.0 Å². The highest BCUT2D eigenvalue weighted by Gasteiger charge is 2.05. The van der Waals surface area contributed by atoms with Crippen LogP contribution in [0.1, 0.15) is 5.56 Å². The zero-order valence-corrected chi connectivity index (χ0v) is 12.1. The average molecular weight is 288 g/mol. The molecule has 1 heterocycles. The number of nitrogens with one attached hydrogen (secondary N) is 1. The first-order valence-electron chi connectivity index (χ1n) is 7.15. The molecule has 1 amide bonds. The Labute approximate surface area is 129 Å². The van der Waals surface area contributed by atoms with Crippen molar-refractivity contribution in [3.8, 4) is 11.1 Å². The lowest BCUT2D eigenvalue weighted by atomic mass is 10.1. The average Bonchev–Trinajstić information content (AvgIpc) is 2.57. The van der Waals surface area contributed by atoms with Gasteiger partial charge in [0.25, 0.3) is 0 Å². The molecule has 0 unspecified atom stereocenters. The maximum atomic E-state index is 12.1. The van der Waals surface area contributed by atoms with E-state index in [-0.39, 0.29) is 5.91 Å². The molecule has 108 valence electrons. The molecule has 3 heteroatoms. The third-order valence-electron chi connectivity index (χ3n) is 3.34. The van der Waals surface area contributed by atoms with Crippen LogP contribution in [-0.4, -0.2) is 10.9 Å². The van der Waals surface area contributed by atoms with E-state index in [0.717, 1.165) is 22.4 Å². The van der Waals surface area contributed by atoms with Crippen molar-refractivity contribution < 1.29 is 4.79 Å². The number of anilines is 1. The molecule has 3 nitrogen and oxygen atoms in total. The molecule has 22 heavy (non-hydrogen) atoms. The number of amides is 1. The van der Waals surface area contributed by atoms with Gasteiger partial charge in [-0.25, -0.2) is 0 Å². The Morgan fingerprint density at radius 3 is 2.50 bits per heavy atom. The lowest BCUT2D eigenvalue weighted by Crippen LogP contribution is -2.14. The van der Waals surface area contributed by atoms with Gasteiger partial charge in [0.15, 0.2) is 0 Å². The first-order chi connectivity index (χ1) is 10.8. The number of hydrogen-bond donors (Lipinski definition) is 1. The third kappa shape index (κ3) is 3.58. The van der Waals surface area contributed by atoms with Crippen LogP contribution < -0.4 is 5.32 Å². The summed E-state index contributed by atoms with van der Waals surface area (Å²) in [6, 6.07) is 21.7. The van der Waals surface area contributed by atoms with E-state index in [1.54, 1.807) is 12.4 Å². The second kappa shape index (κ2) is 6.68. The van der Waals surface area contributed by atoms with Gasteiger partial charge in [0.1, 0.15) is 0 Å². The van der Waals surface area contributed by atoms with Crippen LogP contribution in [0.15, 0.2) is 79.1 Å². The van der Waals surface area contributed by atoms with Gasteiger partial charge < -0.3 is 5.32 Å². The van der Waals surface area contributed by atoms with Crippen molar-refractivity contribution >= 4 is 11.6 Å². The van der Waals surface area contributed by atoms with Gasteiger partial charge in [-0.05, 0) is 34.9 Å². The van der Waals surface area contributed by atoms with E-state index in [0.29, 0.717) is 6.42 Å². The highest BCUT2D eigenvalue weighted by Crippen LogP contribution is 2.22. The molecule has 3 rings (SSSR count). The van der Waals surface area contributed by atoms with Gasteiger partial charge >= 0.3 is 0 Å². The molecule has 1 N–H and O–H groups in total. The van der Waals surface area contributed by atoms with Crippen molar-refractivity contribution in [1.82, 2.24) is 4.98 Å². The van der Waals surface area contributed by atoms with Crippen LogP contribution in [0.3, 0.4) is 0 Å². The number of benzene rings is 2. The SMILES string of the molecule is O=C(Cc1cccnc1)Nc1cccc(-c2ccccc2)c1. The Kier molecular flexibility index (Phi) is 4.25. The molecule has 3 aromatic rings. The number of carbonyl (C=O) groups is 1. The van der Waals surface area contributed by atoms with E-state index in [9.17, 15) is 4.79 Å². The van der Waals surface area contributed by atoms with Gasteiger partial charge in [0.05, 0.1) is 6.42 Å². The zero-order valence-electron chi connectivity index (χ0n) is 12.1. The second-order valence-corrected chi connectivity index (χ2v) is 5.03. The van der Waals surface area contributed by atoms with Crippen LogP contribution in [0.5, 0.6) is 0 Å². The summed E-state index contributed by atoms with van der Waals surface area (Å²) < 4.78 is 0. The van der Waals surface area contributed by atoms with E-state index < -0.39 is 0 Å². The van der Waals surface area contributed by atoms with E-state index in [1.165, 1.54) is 0 Å². The monoisotopic (exact) mass is 288 g/mol. The van der Waals surface area contributed by atoms with E-state index in [1.807, 2.05) is 54.6 Å². The molecule has 0 saturated heterocycles. The van der Waals surface area contributed by atoms with E-state index in [2.05, 4.69) is 22.4 Å². The smallest absolute Gasteiger partial charge is 0.228 e. The Morgan fingerprint density at radius 2 is 1.73 bits per heavy atom. The lowest BCUT2D eigenvalue weighted by Gasteiger charge is -2.08. The summed E-state index contributed by atoms with van der Waals surface area (Å²) in [5, 5.41) is 2.93. The fourth-order valence-electron chi connectivity index (χ4n) is 2.30. The molecule has 0 fully saturated rings. The number of hydrogen-bond acceptors (Lipinski definition) is 2. The molecular weight excluding hydrogens is 272 g/mol. The minimum absolute atomic E-state index is 0.0433. The summed E-state index contributed by atoms with van der Waals surface area (Å²) in [6.07, 6.45) is 3.73. The molecule has 0 spiro atoms. The van der Waals surface area contributed by atoms with Gasteiger partial charge in [0.2, 0.25) is 5.91 Å². The van der Waals surface area contributed by atoms with Crippen LogP contribution in [0.25, 0.3) is 11.1 Å². The highest BCUT2D eigenvalue weighted by atomic mass is 16.1. The van der Waals surface area contributed by atoms with Crippen molar-refractivity contribution in [3.63, 3.8) is 0 Å². The molecule has 2 aromatic carbocycles. The summed E-state index contributed by atoms with van der Waals surface area (Å²) in [4.78, 5) is 16.1. The number of nitrogens with zero attached hydrogens (tertiary/aromatic N) is 1. The van der Waals surface area contributed by atoms with Crippen LogP contribution in [0.2, 0.25) is 0 Å². The number of pyridine rings is 1. The summed E-state index contributed by atoms with van der Waals surface area (Å²) in [6.45, 7) is 0. The molecule has 0 bridgehead atoms. The first-order valence-corrected chi connectivity index (χ1v) is 7.15. The minimum Gasteiger partial charge on any atom is -0.326 e. The fraction of sp³-hybridized carbons (Fsp3) is 0.0526. The molecule has 0 aliphatic heterocycles. The molecule has 0 saturated carbocycles. The predicted octanol–water partition coefficient (Wildman–Crippen LogP) is 3.93. The Bertz CT molecular complexity index is 755. The highest BCUT2D eigenvalue weighted by molar-refractivity contribution is 5.92. The second-order valence-electron chi connectivity index (χ2n) is 5.03. The molecule has 0 aliphatic carbocycles. The number of aromatic nitrogens is 1. The number of rotatable bonds is 4. The fourth-order valence-corrected chi connectivity index (χ4v) is 2.30.